The zero-order valence-corrected chi connectivity index (χ0v) is 8.06. The van der Waals surface area contributed by atoms with Crippen LogP contribution >= 0.6 is 0 Å². The van der Waals surface area contributed by atoms with Gasteiger partial charge in [0.25, 0.3) is 0 Å². The van der Waals surface area contributed by atoms with Gasteiger partial charge in [-0.05, 0) is 42.4 Å². The number of hydrogen-bond acceptors (Lipinski definition) is 0. The van der Waals surface area contributed by atoms with E-state index in [4.69, 9.17) is 0 Å². The molecule has 2 fully saturated rings. The van der Waals surface area contributed by atoms with Crippen LogP contribution in [0.3, 0.4) is 0 Å². The molecule has 0 aliphatic heterocycles. The maximum Gasteiger partial charge on any atom is -0.0269 e. The van der Waals surface area contributed by atoms with Gasteiger partial charge in [0.2, 0.25) is 0 Å². The first kappa shape index (κ1) is 7.64. The Labute approximate surface area is 70.4 Å². The fourth-order valence-corrected chi connectivity index (χ4v) is 2.98. The van der Waals surface area contributed by atoms with Gasteiger partial charge in [-0.15, -0.1) is 0 Å². The van der Waals surface area contributed by atoms with Crippen molar-refractivity contribution < 1.29 is 0 Å². The van der Waals surface area contributed by atoms with E-state index >= 15 is 0 Å². The van der Waals surface area contributed by atoms with Crippen LogP contribution in [0.2, 0.25) is 0 Å². The molecule has 2 rings (SSSR count). The Morgan fingerprint density at radius 2 is 1.82 bits per heavy atom. The van der Waals surface area contributed by atoms with E-state index in [9.17, 15) is 0 Å². The van der Waals surface area contributed by atoms with Crippen molar-refractivity contribution in [3.05, 3.63) is 0 Å². The second-order valence-corrected chi connectivity index (χ2v) is 5.23. The number of hydrogen-bond donors (Lipinski definition) is 0. The van der Waals surface area contributed by atoms with Crippen LogP contribution in [0, 0.1) is 23.2 Å². The Bertz CT molecular complexity index is 161. The Hall–Kier alpha value is 0. The van der Waals surface area contributed by atoms with Crippen LogP contribution in [0.4, 0.5) is 0 Å². The third-order valence-corrected chi connectivity index (χ3v) is 4.34. The van der Waals surface area contributed by atoms with Crippen molar-refractivity contribution in [3.63, 3.8) is 0 Å². The van der Waals surface area contributed by atoms with E-state index in [1.165, 1.54) is 25.7 Å². The predicted octanol–water partition coefficient (Wildman–Crippen LogP) is 3.47. The molecule has 0 aromatic rings. The molecular formula is C11H20. The van der Waals surface area contributed by atoms with Crippen molar-refractivity contribution in [1.82, 2.24) is 0 Å². The van der Waals surface area contributed by atoms with Crippen molar-refractivity contribution in [1.29, 1.82) is 0 Å². The fourth-order valence-electron chi connectivity index (χ4n) is 2.98. The summed E-state index contributed by atoms with van der Waals surface area (Å²) in [6.07, 6.45) is 6.03. The molecule has 0 N–H and O–H groups in total. The van der Waals surface area contributed by atoms with E-state index in [1.807, 2.05) is 0 Å². The lowest BCUT2D eigenvalue weighted by molar-refractivity contribution is 0.311. The van der Waals surface area contributed by atoms with Crippen molar-refractivity contribution in [2.45, 2.75) is 46.5 Å². The van der Waals surface area contributed by atoms with Gasteiger partial charge in [0.05, 0.1) is 0 Å². The second kappa shape index (κ2) is 2.24. The zero-order valence-electron chi connectivity index (χ0n) is 8.06. The first-order valence-corrected chi connectivity index (χ1v) is 5.13. The molecule has 0 spiro atoms. The van der Waals surface area contributed by atoms with Gasteiger partial charge in [-0.3, -0.25) is 0 Å². The van der Waals surface area contributed by atoms with Crippen LogP contribution in [0.15, 0.2) is 0 Å². The molecule has 0 bridgehead atoms. The molecule has 4 unspecified atom stereocenters. The van der Waals surface area contributed by atoms with Crippen LogP contribution in [-0.2, 0) is 0 Å². The maximum atomic E-state index is 2.50. The minimum Gasteiger partial charge on any atom is -0.0625 e. The summed E-state index contributed by atoms with van der Waals surface area (Å²) >= 11 is 0. The first-order valence-electron chi connectivity index (χ1n) is 5.13. The summed E-state index contributed by atoms with van der Waals surface area (Å²) in [7, 11) is 0. The van der Waals surface area contributed by atoms with Crippen LogP contribution < -0.4 is 0 Å². The molecule has 0 saturated heterocycles. The van der Waals surface area contributed by atoms with Crippen LogP contribution in [-0.4, -0.2) is 0 Å². The molecule has 0 nitrogen and oxygen atoms in total. The lowest BCUT2D eigenvalue weighted by Gasteiger charge is -2.18. The topological polar surface area (TPSA) is 0 Å². The molecule has 2 aliphatic carbocycles. The standard InChI is InChI=1S/C11H20/c1-8-4-5-10(6-8)11(3)7-9(11)2/h8-10H,4-7H2,1-3H3. The Kier molecular flexibility index (Phi) is 1.56. The van der Waals surface area contributed by atoms with E-state index in [1.54, 1.807) is 0 Å². The van der Waals surface area contributed by atoms with E-state index in [-0.39, 0.29) is 0 Å². The van der Waals surface area contributed by atoms with Crippen LogP contribution in [0.1, 0.15) is 46.5 Å². The van der Waals surface area contributed by atoms with Crippen molar-refractivity contribution >= 4 is 0 Å². The summed E-state index contributed by atoms with van der Waals surface area (Å²) in [4.78, 5) is 0. The largest absolute Gasteiger partial charge is 0.0625 e. The summed E-state index contributed by atoms with van der Waals surface area (Å²) in [6.45, 7) is 7.33. The van der Waals surface area contributed by atoms with Gasteiger partial charge in [-0.1, -0.05) is 27.2 Å². The lowest BCUT2D eigenvalue weighted by atomic mass is 9.87. The van der Waals surface area contributed by atoms with Gasteiger partial charge in [-0.2, -0.15) is 0 Å². The average molecular weight is 152 g/mol. The SMILES string of the molecule is CC1CCC(C2(C)CC2C)C1. The first-order chi connectivity index (χ1) is 5.13. The molecule has 0 heterocycles. The predicted molar refractivity (Wildman–Crippen MR) is 48.4 cm³/mol. The molecule has 64 valence electrons. The molecule has 0 amide bonds. The minimum absolute atomic E-state index is 0.769. The summed E-state index contributed by atoms with van der Waals surface area (Å²) in [5.41, 5.74) is 0.769. The van der Waals surface area contributed by atoms with Crippen molar-refractivity contribution in [2.24, 2.45) is 23.2 Å². The summed E-state index contributed by atoms with van der Waals surface area (Å²) in [5, 5.41) is 0. The molecule has 2 saturated carbocycles. The highest BCUT2D eigenvalue weighted by Gasteiger charge is 2.52. The quantitative estimate of drug-likeness (QED) is 0.539. The molecule has 0 aromatic carbocycles. The van der Waals surface area contributed by atoms with Gasteiger partial charge in [0, 0.05) is 0 Å². The van der Waals surface area contributed by atoms with Crippen molar-refractivity contribution in [2.75, 3.05) is 0 Å². The van der Waals surface area contributed by atoms with E-state index in [0.717, 1.165) is 23.2 Å². The smallest absolute Gasteiger partial charge is 0.0269 e. The Morgan fingerprint density at radius 1 is 1.18 bits per heavy atom. The molecular weight excluding hydrogens is 132 g/mol. The highest BCUT2D eigenvalue weighted by molar-refractivity contribution is 5.02. The van der Waals surface area contributed by atoms with Gasteiger partial charge < -0.3 is 0 Å². The maximum absolute atomic E-state index is 2.50. The third kappa shape index (κ3) is 1.11. The van der Waals surface area contributed by atoms with Gasteiger partial charge >= 0.3 is 0 Å². The summed E-state index contributed by atoms with van der Waals surface area (Å²) in [6, 6.07) is 0. The number of rotatable bonds is 1. The normalized spacial score (nSPS) is 56.5. The molecule has 4 atom stereocenters. The fraction of sp³-hybridized carbons (Fsp3) is 1.00. The summed E-state index contributed by atoms with van der Waals surface area (Å²) in [5.74, 6) is 3.12. The van der Waals surface area contributed by atoms with E-state index < -0.39 is 0 Å². The Balaban J connectivity index is 1.97. The highest BCUT2D eigenvalue weighted by Crippen LogP contribution is 2.61. The average Bonchev–Trinajstić information content (AvgIpc) is 2.44. The Morgan fingerprint density at radius 3 is 2.18 bits per heavy atom. The van der Waals surface area contributed by atoms with Crippen molar-refractivity contribution in [3.8, 4) is 0 Å². The minimum atomic E-state index is 0.769. The monoisotopic (exact) mass is 152 g/mol. The van der Waals surface area contributed by atoms with E-state index in [0.29, 0.717) is 0 Å². The molecule has 0 radical (unpaired) electrons. The zero-order chi connectivity index (χ0) is 8.06. The van der Waals surface area contributed by atoms with E-state index in [2.05, 4.69) is 20.8 Å². The molecule has 11 heavy (non-hydrogen) atoms. The molecule has 2 aliphatic rings. The molecule has 0 aromatic heterocycles. The van der Waals surface area contributed by atoms with Gasteiger partial charge in [0.15, 0.2) is 0 Å². The highest BCUT2D eigenvalue weighted by atomic mass is 14.6. The van der Waals surface area contributed by atoms with Gasteiger partial charge in [-0.25, -0.2) is 0 Å². The third-order valence-electron chi connectivity index (χ3n) is 4.34. The second-order valence-electron chi connectivity index (χ2n) is 5.23. The summed E-state index contributed by atoms with van der Waals surface area (Å²) < 4.78 is 0. The molecule has 0 heteroatoms. The van der Waals surface area contributed by atoms with Gasteiger partial charge in [0.1, 0.15) is 0 Å². The lowest BCUT2D eigenvalue weighted by Crippen LogP contribution is -2.10. The van der Waals surface area contributed by atoms with Crippen LogP contribution in [0.5, 0.6) is 0 Å². The van der Waals surface area contributed by atoms with Crippen LogP contribution in [0.25, 0.3) is 0 Å².